The maximum Gasteiger partial charge on any atom is 0.256 e. The van der Waals surface area contributed by atoms with Crippen LogP contribution in [0.2, 0.25) is 0 Å². The molecule has 0 radical (unpaired) electrons. The number of fused-ring (bicyclic) bond motifs is 1. The highest BCUT2D eigenvalue weighted by atomic mass is 19.2. The van der Waals surface area contributed by atoms with Crippen molar-refractivity contribution in [1.29, 1.82) is 0 Å². The van der Waals surface area contributed by atoms with Crippen LogP contribution in [0.5, 0.6) is 0 Å². The lowest BCUT2D eigenvalue weighted by atomic mass is 9.99. The number of aliphatic hydroxyl groups excluding tert-OH is 1. The van der Waals surface area contributed by atoms with Crippen LogP contribution in [0.1, 0.15) is 27.9 Å². The molecule has 2 aromatic carbocycles. The van der Waals surface area contributed by atoms with Crippen molar-refractivity contribution >= 4 is 17.4 Å². The number of halogens is 3. The maximum absolute atomic E-state index is 13.3. The van der Waals surface area contributed by atoms with E-state index in [2.05, 4.69) is 15.6 Å². The molecule has 2 heterocycles. The minimum absolute atomic E-state index is 0.0594. The molecule has 1 aromatic heterocycles. The Morgan fingerprint density at radius 3 is 2.76 bits per heavy atom. The molecule has 0 spiro atoms. The molecule has 1 amide bonds. The first-order chi connectivity index (χ1) is 13.9. The largest absolute Gasteiger partial charge is 0.374 e. The molecule has 6 nitrogen and oxygen atoms in total. The average Bonchev–Trinajstić information content (AvgIpc) is 3.12. The standard InChI is InChI=1S/C20H17F3N4O2/c21-14-5-11(6-15(22)19(14)23)8-27-9-17(24-10-27)26-20(29)13-1-3-16-12(7-13)2-4-18(28)25-16/h1,3,5-7,9-10,18,25,28H,2,4,8H2,(H,26,29). The number of aromatic nitrogens is 2. The van der Waals surface area contributed by atoms with Crippen molar-refractivity contribution in [1.82, 2.24) is 9.55 Å². The molecular weight excluding hydrogens is 385 g/mol. The van der Waals surface area contributed by atoms with Crippen LogP contribution < -0.4 is 10.6 Å². The number of imidazole rings is 1. The van der Waals surface area contributed by atoms with Crippen molar-refractivity contribution in [3.8, 4) is 0 Å². The van der Waals surface area contributed by atoms with Gasteiger partial charge in [0.05, 0.1) is 6.33 Å². The molecule has 1 aliphatic heterocycles. The fraction of sp³-hybridized carbons (Fsp3) is 0.200. The van der Waals surface area contributed by atoms with Gasteiger partial charge in [-0.1, -0.05) is 0 Å². The van der Waals surface area contributed by atoms with Gasteiger partial charge in [-0.25, -0.2) is 18.2 Å². The second-order valence-electron chi connectivity index (χ2n) is 6.83. The zero-order valence-electron chi connectivity index (χ0n) is 15.1. The summed E-state index contributed by atoms with van der Waals surface area (Å²) in [5, 5.41) is 15.2. The van der Waals surface area contributed by atoms with E-state index < -0.39 is 23.7 Å². The van der Waals surface area contributed by atoms with E-state index in [-0.39, 0.29) is 23.8 Å². The van der Waals surface area contributed by atoms with E-state index in [1.54, 1.807) is 18.2 Å². The summed E-state index contributed by atoms with van der Waals surface area (Å²) in [6.45, 7) is 0.0594. The molecule has 1 unspecified atom stereocenters. The third-order valence-corrected chi connectivity index (χ3v) is 4.66. The Kier molecular flexibility index (Phi) is 4.98. The lowest BCUT2D eigenvalue weighted by molar-refractivity contribution is 0.102. The lowest BCUT2D eigenvalue weighted by Gasteiger charge is -2.23. The highest BCUT2D eigenvalue weighted by molar-refractivity contribution is 6.04. The molecular formula is C20H17F3N4O2. The van der Waals surface area contributed by atoms with E-state index >= 15 is 0 Å². The number of nitrogens with zero attached hydrogens (tertiary/aromatic N) is 2. The van der Waals surface area contributed by atoms with E-state index in [1.807, 2.05) is 0 Å². The summed E-state index contributed by atoms with van der Waals surface area (Å²) in [7, 11) is 0. The van der Waals surface area contributed by atoms with Gasteiger partial charge in [0.15, 0.2) is 23.3 Å². The highest BCUT2D eigenvalue weighted by Crippen LogP contribution is 2.25. The Morgan fingerprint density at radius 1 is 1.24 bits per heavy atom. The summed E-state index contributed by atoms with van der Waals surface area (Å²) in [5.74, 6) is -4.12. The molecule has 0 saturated heterocycles. The van der Waals surface area contributed by atoms with E-state index in [0.717, 1.165) is 23.4 Å². The van der Waals surface area contributed by atoms with Crippen LogP contribution in [0.25, 0.3) is 0 Å². The first-order valence-corrected chi connectivity index (χ1v) is 8.93. The molecule has 1 aliphatic rings. The highest BCUT2D eigenvalue weighted by Gasteiger charge is 2.17. The van der Waals surface area contributed by atoms with Gasteiger partial charge in [-0.3, -0.25) is 4.79 Å². The number of carbonyl (C=O) groups is 1. The number of rotatable bonds is 4. The summed E-state index contributed by atoms with van der Waals surface area (Å²) in [4.78, 5) is 16.5. The molecule has 0 fully saturated rings. The van der Waals surface area contributed by atoms with Gasteiger partial charge in [-0.2, -0.15) is 0 Å². The third kappa shape index (κ3) is 4.09. The molecule has 3 aromatic rings. The number of hydrogen-bond donors (Lipinski definition) is 3. The Hall–Kier alpha value is -3.33. The first kappa shape index (κ1) is 19.0. The van der Waals surface area contributed by atoms with Gasteiger partial charge in [0.2, 0.25) is 0 Å². The van der Waals surface area contributed by atoms with Crippen molar-refractivity contribution in [2.75, 3.05) is 10.6 Å². The average molecular weight is 402 g/mol. The normalized spacial score (nSPS) is 15.5. The van der Waals surface area contributed by atoms with Crippen LogP contribution in [0.3, 0.4) is 0 Å². The minimum atomic E-state index is -1.51. The van der Waals surface area contributed by atoms with Crippen molar-refractivity contribution < 1.29 is 23.1 Å². The van der Waals surface area contributed by atoms with Crippen LogP contribution in [0, 0.1) is 17.5 Å². The number of nitrogens with one attached hydrogen (secondary N) is 2. The van der Waals surface area contributed by atoms with Gasteiger partial charge in [0.25, 0.3) is 5.91 Å². The van der Waals surface area contributed by atoms with Gasteiger partial charge in [0.1, 0.15) is 6.23 Å². The van der Waals surface area contributed by atoms with E-state index in [0.29, 0.717) is 18.4 Å². The van der Waals surface area contributed by atoms with E-state index in [9.17, 15) is 23.1 Å². The first-order valence-electron chi connectivity index (χ1n) is 8.93. The molecule has 0 aliphatic carbocycles. The summed E-state index contributed by atoms with van der Waals surface area (Å²) in [6, 6.07) is 6.96. The number of aryl methyl sites for hydroxylation is 1. The molecule has 0 bridgehead atoms. The fourth-order valence-corrected chi connectivity index (χ4v) is 3.24. The molecule has 1 atom stereocenters. The Labute approximate surface area is 164 Å². The van der Waals surface area contributed by atoms with Crippen molar-refractivity contribution in [2.24, 2.45) is 0 Å². The number of carbonyl (C=O) groups excluding carboxylic acids is 1. The second kappa shape index (κ2) is 7.59. The third-order valence-electron chi connectivity index (χ3n) is 4.66. The zero-order chi connectivity index (χ0) is 20.5. The van der Waals surface area contributed by atoms with Crippen LogP contribution in [0.15, 0.2) is 42.9 Å². The second-order valence-corrected chi connectivity index (χ2v) is 6.83. The maximum atomic E-state index is 13.3. The van der Waals surface area contributed by atoms with Crippen LogP contribution in [0.4, 0.5) is 24.7 Å². The topological polar surface area (TPSA) is 79.2 Å². The molecule has 3 N–H and O–H groups in total. The molecule has 150 valence electrons. The molecule has 29 heavy (non-hydrogen) atoms. The molecule has 4 rings (SSSR count). The van der Waals surface area contributed by atoms with Crippen LogP contribution in [-0.4, -0.2) is 26.8 Å². The summed E-state index contributed by atoms with van der Waals surface area (Å²) in [6.07, 6.45) is 3.53. The Morgan fingerprint density at radius 2 is 2.00 bits per heavy atom. The SMILES string of the molecule is O=C(Nc1cn(Cc2cc(F)c(F)c(F)c2)cn1)c1ccc2c(c1)CCC(O)N2. The number of amides is 1. The predicted octanol–water partition coefficient (Wildman–Crippen LogP) is 3.28. The van der Waals surface area contributed by atoms with Crippen molar-refractivity contribution in [2.45, 2.75) is 25.6 Å². The predicted molar refractivity (Wildman–Crippen MR) is 100.0 cm³/mol. The Balaban J connectivity index is 1.44. The molecule has 0 saturated carbocycles. The van der Waals surface area contributed by atoms with Crippen LogP contribution >= 0.6 is 0 Å². The number of anilines is 2. The Bertz CT molecular complexity index is 1060. The number of aliphatic hydroxyl groups is 1. The minimum Gasteiger partial charge on any atom is -0.374 e. The van der Waals surface area contributed by atoms with Crippen LogP contribution in [-0.2, 0) is 13.0 Å². The zero-order valence-corrected chi connectivity index (χ0v) is 15.1. The van der Waals surface area contributed by atoms with Gasteiger partial charge >= 0.3 is 0 Å². The summed E-state index contributed by atoms with van der Waals surface area (Å²) in [5.41, 5.74) is 2.40. The van der Waals surface area contributed by atoms with Gasteiger partial charge in [-0.15, -0.1) is 0 Å². The van der Waals surface area contributed by atoms with Gasteiger partial charge < -0.3 is 20.3 Å². The van der Waals surface area contributed by atoms with Gasteiger partial charge in [0, 0.05) is 24.0 Å². The number of hydrogen-bond acceptors (Lipinski definition) is 4. The quantitative estimate of drug-likeness (QED) is 0.586. The van der Waals surface area contributed by atoms with Crippen molar-refractivity contribution in [3.63, 3.8) is 0 Å². The molecule has 9 heteroatoms. The number of benzene rings is 2. The van der Waals surface area contributed by atoms with Gasteiger partial charge in [-0.05, 0) is 54.3 Å². The van der Waals surface area contributed by atoms with E-state index in [1.165, 1.54) is 17.1 Å². The van der Waals surface area contributed by atoms with E-state index in [4.69, 9.17) is 0 Å². The van der Waals surface area contributed by atoms with Crippen molar-refractivity contribution in [3.05, 3.63) is 77.0 Å². The summed E-state index contributed by atoms with van der Waals surface area (Å²) < 4.78 is 41.2. The smallest absolute Gasteiger partial charge is 0.256 e. The monoisotopic (exact) mass is 402 g/mol. The lowest BCUT2D eigenvalue weighted by Crippen LogP contribution is -2.25. The fourth-order valence-electron chi connectivity index (χ4n) is 3.24. The summed E-state index contributed by atoms with van der Waals surface area (Å²) >= 11 is 0.